The molecule has 0 radical (unpaired) electrons. The summed E-state index contributed by atoms with van der Waals surface area (Å²) in [6.45, 7) is 2.24. The molecule has 2 bridgehead atoms. The molecule has 0 aromatic heterocycles. The van der Waals surface area contributed by atoms with Crippen molar-refractivity contribution in [1.29, 1.82) is 0 Å². The van der Waals surface area contributed by atoms with Crippen LogP contribution in [-0.4, -0.2) is 35.6 Å². The maximum absolute atomic E-state index is 12.2. The Morgan fingerprint density at radius 1 is 1.18 bits per heavy atom. The highest BCUT2D eigenvalue weighted by Gasteiger charge is 2.40. The number of benzene rings is 1. The Balaban J connectivity index is 1.64. The molecule has 1 aromatic carbocycles. The second-order valence-electron chi connectivity index (χ2n) is 4.85. The number of thioether (sulfide) groups is 1. The third kappa shape index (κ3) is 2.26. The summed E-state index contributed by atoms with van der Waals surface area (Å²) in [5.41, 5.74) is 0. The average molecular weight is 247 g/mol. The van der Waals surface area contributed by atoms with Gasteiger partial charge in [0, 0.05) is 16.6 Å². The fourth-order valence-electron chi connectivity index (χ4n) is 2.83. The van der Waals surface area contributed by atoms with Crippen LogP contribution < -0.4 is 0 Å². The quantitative estimate of drug-likeness (QED) is 0.765. The minimum absolute atomic E-state index is 0.174. The fraction of sp³-hybridized carbons (Fsp3) is 0.500. The van der Waals surface area contributed by atoms with E-state index >= 15 is 0 Å². The number of hydrogen-bond donors (Lipinski definition) is 0. The lowest BCUT2D eigenvalue weighted by atomic mass is 9.83. The Morgan fingerprint density at radius 2 is 1.88 bits per heavy atom. The maximum Gasteiger partial charge on any atom is 0.153 e. The first-order chi connectivity index (χ1) is 8.34. The molecule has 2 nitrogen and oxygen atoms in total. The highest BCUT2D eigenvalue weighted by Crippen LogP contribution is 2.32. The van der Waals surface area contributed by atoms with Crippen molar-refractivity contribution in [1.82, 2.24) is 4.90 Å². The molecule has 3 aliphatic heterocycles. The third-order valence-electron chi connectivity index (χ3n) is 3.85. The molecule has 0 saturated carbocycles. The van der Waals surface area contributed by atoms with Crippen LogP contribution in [0.15, 0.2) is 35.2 Å². The molecule has 1 unspecified atom stereocenters. The van der Waals surface area contributed by atoms with E-state index in [4.69, 9.17) is 0 Å². The summed E-state index contributed by atoms with van der Waals surface area (Å²) in [7, 11) is 0. The van der Waals surface area contributed by atoms with Crippen LogP contribution >= 0.6 is 11.8 Å². The lowest BCUT2D eigenvalue weighted by Gasteiger charge is -2.43. The van der Waals surface area contributed by atoms with E-state index in [1.165, 1.54) is 4.90 Å². The Labute approximate surface area is 106 Å². The van der Waals surface area contributed by atoms with Crippen molar-refractivity contribution in [2.24, 2.45) is 5.92 Å². The van der Waals surface area contributed by atoms with Crippen molar-refractivity contribution in [2.75, 3.05) is 18.8 Å². The summed E-state index contributed by atoms with van der Waals surface area (Å²) in [6, 6.07) is 10.5. The van der Waals surface area contributed by atoms with E-state index in [1.807, 2.05) is 17.8 Å². The molecule has 3 heteroatoms. The summed E-state index contributed by atoms with van der Waals surface area (Å²) >= 11 is 1.81. The lowest BCUT2D eigenvalue weighted by molar-refractivity contribution is -0.135. The topological polar surface area (TPSA) is 20.3 Å². The summed E-state index contributed by atoms with van der Waals surface area (Å²) < 4.78 is 0. The van der Waals surface area contributed by atoms with Gasteiger partial charge in [0.15, 0.2) is 5.78 Å². The molecule has 17 heavy (non-hydrogen) atoms. The zero-order chi connectivity index (χ0) is 11.7. The molecule has 0 spiro atoms. The Kier molecular flexibility index (Phi) is 3.21. The predicted molar refractivity (Wildman–Crippen MR) is 70.3 cm³/mol. The molecule has 1 atom stereocenters. The number of piperidine rings is 3. The van der Waals surface area contributed by atoms with Gasteiger partial charge in [-0.15, -0.1) is 11.8 Å². The zero-order valence-corrected chi connectivity index (χ0v) is 10.7. The minimum Gasteiger partial charge on any atom is -0.298 e. The van der Waals surface area contributed by atoms with Crippen molar-refractivity contribution in [3.8, 4) is 0 Å². The van der Waals surface area contributed by atoms with Crippen LogP contribution in [0.4, 0.5) is 0 Å². The van der Waals surface area contributed by atoms with Gasteiger partial charge in [0.25, 0.3) is 0 Å². The van der Waals surface area contributed by atoms with E-state index in [1.54, 1.807) is 0 Å². The Hall–Kier alpha value is -0.800. The average Bonchev–Trinajstić information content (AvgIpc) is 2.40. The molecule has 0 amide bonds. The molecule has 0 N–H and O–H groups in total. The van der Waals surface area contributed by atoms with Gasteiger partial charge < -0.3 is 0 Å². The second-order valence-corrected chi connectivity index (χ2v) is 5.95. The monoisotopic (exact) mass is 247 g/mol. The van der Waals surface area contributed by atoms with E-state index in [-0.39, 0.29) is 6.04 Å². The van der Waals surface area contributed by atoms with Crippen molar-refractivity contribution in [3.63, 3.8) is 0 Å². The first-order valence-corrected chi connectivity index (χ1v) is 7.29. The van der Waals surface area contributed by atoms with Crippen molar-refractivity contribution in [2.45, 2.75) is 23.8 Å². The third-order valence-corrected chi connectivity index (χ3v) is 4.94. The molecule has 3 fully saturated rings. The number of carbonyl (C=O) groups is 1. The van der Waals surface area contributed by atoms with Crippen molar-refractivity contribution in [3.05, 3.63) is 30.3 Å². The van der Waals surface area contributed by atoms with E-state index in [9.17, 15) is 4.79 Å². The van der Waals surface area contributed by atoms with Crippen LogP contribution in [0.5, 0.6) is 0 Å². The van der Waals surface area contributed by atoms with Gasteiger partial charge in [-0.2, -0.15) is 0 Å². The highest BCUT2D eigenvalue weighted by molar-refractivity contribution is 7.99. The molecular formula is C14H17NOS. The van der Waals surface area contributed by atoms with Gasteiger partial charge in [0.05, 0.1) is 6.04 Å². The SMILES string of the molecule is O=C1C2CCN(CC2)C1CSc1ccccc1. The van der Waals surface area contributed by atoms with Gasteiger partial charge in [0.2, 0.25) is 0 Å². The Morgan fingerprint density at radius 3 is 2.53 bits per heavy atom. The number of Topliss-reactive ketones (excluding diaryl/α,β-unsaturated/α-hetero) is 1. The predicted octanol–water partition coefficient (Wildman–Crippen LogP) is 2.44. The van der Waals surface area contributed by atoms with E-state index in [0.717, 1.165) is 31.7 Å². The molecule has 90 valence electrons. The highest BCUT2D eigenvalue weighted by atomic mass is 32.2. The number of hydrogen-bond acceptors (Lipinski definition) is 3. The smallest absolute Gasteiger partial charge is 0.153 e. The normalized spacial score (nSPS) is 31.8. The minimum atomic E-state index is 0.174. The van der Waals surface area contributed by atoms with Gasteiger partial charge >= 0.3 is 0 Å². The van der Waals surface area contributed by atoms with Gasteiger partial charge in [-0.25, -0.2) is 0 Å². The van der Waals surface area contributed by atoms with Crippen LogP contribution in [0.3, 0.4) is 0 Å². The van der Waals surface area contributed by atoms with Gasteiger partial charge in [-0.3, -0.25) is 9.69 Å². The van der Waals surface area contributed by atoms with Crippen molar-refractivity contribution < 1.29 is 4.79 Å². The molecule has 4 rings (SSSR count). The second kappa shape index (κ2) is 4.83. The molecule has 3 aliphatic rings. The molecule has 3 heterocycles. The van der Waals surface area contributed by atoms with Crippen LogP contribution in [0.1, 0.15) is 12.8 Å². The molecule has 0 aliphatic carbocycles. The van der Waals surface area contributed by atoms with E-state index < -0.39 is 0 Å². The van der Waals surface area contributed by atoms with E-state index in [0.29, 0.717) is 11.7 Å². The van der Waals surface area contributed by atoms with Crippen LogP contribution in [0, 0.1) is 5.92 Å². The lowest BCUT2D eigenvalue weighted by Crippen LogP contribution is -2.56. The number of carbonyl (C=O) groups excluding carboxylic acids is 1. The largest absolute Gasteiger partial charge is 0.298 e. The summed E-state index contributed by atoms with van der Waals surface area (Å²) in [4.78, 5) is 15.8. The zero-order valence-electron chi connectivity index (χ0n) is 9.84. The number of rotatable bonds is 3. The van der Waals surface area contributed by atoms with Crippen molar-refractivity contribution >= 4 is 17.5 Å². The number of nitrogens with zero attached hydrogens (tertiary/aromatic N) is 1. The standard InChI is InChI=1S/C14H17NOS/c16-14-11-6-8-15(9-7-11)13(14)10-17-12-4-2-1-3-5-12/h1-5,11,13H,6-10H2. The molecule has 3 saturated heterocycles. The van der Waals surface area contributed by atoms with Crippen LogP contribution in [0.25, 0.3) is 0 Å². The van der Waals surface area contributed by atoms with Gasteiger partial charge in [0.1, 0.15) is 0 Å². The van der Waals surface area contributed by atoms with Crippen LogP contribution in [-0.2, 0) is 4.79 Å². The Bertz CT molecular complexity index is 398. The molecule has 1 aromatic rings. The summed E-state index contributed by atoms with van der Waals surface area (Å²) in [5, 5.41) is 0. The molecular weight excluding hydrogens is 230 g/mol. The summed E-state index contributed by atoms with van der Waals surface area (Å²) in [5.74, 6) is 1.77. The number of ketones is 1. The first-order valence-electron chi connectivity index (χ1n) is 6.30. The maximum atomic E-state index is 12.2. The van der Waals surface area contributed by atoms with Gasteiger partial charge in [-0.05, 0) is 38.1 Å². The van der Waals surface area contributed by atoms with E-state index in [2.05, 4.69) is 29.2 Å². The summed E-state index contributed by atoms with van der Waals surface area (Å²) in [6.07, 6.45) is 2.18. The number of fused-ring (bicyclic) bond motifs is 3. The first kappa shape index (κ1) is 11.3. The van der Waals surface area contributed by atoms with Gasteiger partial charge in [-0.1, -0.05) is 18.2 Å². The van der Waals surface area contributed by atoms with Crippen LogP contribution in [0.2, 0.25) is 0 Å². The fourth-order valence-corrected chi connectivity index (χ4v) is 3.90.